The molecule has 0 fully saturated rings. The molecule has 0 spiro atoms. The van der Waals surface area contributed by atoms with Gasteiger partial charge in [-0.05, 0) is 25.1 Å². The summed E-state index contributed by atoms with van der Waals surface area (Å²) in [6.45, 7) is 1.29. The Morgan fingerprint density at radius 1 is 1.43 bits per heavy atom. The normalized spacial score (nSPS) is 11.4. The summed E-state index contributed by atoms with van der Waals surface area (Å²) < 4.78 is 30.3. The van der Waals surface area contributed by atoms with Crippen molar-refractivity contribution in [1.82, 2.24) is 0 Å². The van der Waals surface area contributed by atoms with Crippen LogP contribution in [0.3, 0.4) is 0 Å². The first-order valence-corrected chi connectivity index (χ1v) is 5.42. The maximum atomic E-state index is 10.9. The minimum absolute atomic E-state index is 0.113. The van der Waals surface area contributed by atoms with Gasteiger partial charge in [-0.3, -0.25) is 9.35 Å². The minimum atomic E-state index is -4.37. The second-order valence-corrected chi connectivity index (χ2v) is 4.47. The van der Waals surface area contributed by atoms with Crippen molar-refractivity contribution in [3.63, 3.8) is 0 Å². The van der Waals surface area contributed by atoms with Crippen molar-refractivity contribution in [2.24, 2.45) is 0 Å². The van der Waals surface area contributed by atoms with Crippen LogP contribution in [0.1, 0.15) is 17.3 Å². The molecule has 0 saturated heterocycles. The zero-order valence-electron chi connectivity index (χ0n) is 7.19. The van der Waals surface area contributed by atoms with Crippen LogP contribution in [-0.4, -0.2) is 18.8 Å². The summed E-state index contributed by atoms with van der Waals surface area (Å²) in [5.74, 6) is -0.299. The smallest absolute Gasteiger partial charge is 0.295 e. The highest BCUT2D eigenvalue weighted by molar-refractivity contribution is 7.86. The number of Topliss-reactive ketones (excluding diaryl/α,β-unsaturated/α-hetero) is 1. The molecule has 6 heteroatoms. The van der Waals surface area contributed by atoms with E-state index in [0.717, 1.165) is 6.07 Å². The molecule has 0 amide bonds. The van der Waals surface area contributed by atoms with Gasteiger partial charge in [0.25, 0.3) is 10.1 Å². The first kappa shape index (κ1) is 11.2. The van der Waals surface area contributed by atoms with Crippen molar-refractivity contribution < 1.29 is 17.8 Å². The number of hydrogen-bond donors (Lipinski definition) is 1. The van der Waals surface area contributed by atoms with E-state index in [9.17, 15) is 13.2 Å². The fourth-order valence-corrected chi connectivity index (χ4v) is 1.92. The summed E-state index contributed by atoms with van der Waals surface area (Å²) in [5, 5.41) is -0.113. The van der Waals surface area contributed by atoms with Crippen LogP contribution in [0, 0.1) is 0 Å². The molecule has 1 rings (SSSR count). The van der Waals surface area contributed by atoms with E-state index in [4.69, 9.17) is 16.2 Å². The maximum absolute atomic E-state index is 10.9. The number of carbonyl (C=O) groups is 1. The standard InChI is InChI=1S/C8H7ClO4S/c1-5(10)6-2-3-7(9)8(4-6)14(11,12)13/h2-4H,1H3,(H,11,12,13). The largest absolute Gasteiger partial charge is 0.296 e. The molecule has 76 valence electrons. The molecule has 1 aromatic carbocycles. The van der Waals surface area contributed by atoms with Gasteiger partial charge in [-0.2, -0.15) is 8.42 Å². The molecule has 0 radical (unpaired) electrons. The van der Waals surface area contributed by atoms with Crippen molar-refractivity contribution in [2.45, 2.75) is 11.8 Å². The van der Waals surface area contributed by atoms with Gasteiger partial charge in [0, 0.05) is 5.56 Å². The van der Waals surface area contributed by atoms with Crippen LogP contribution in [-0.2, 0) is 10.1 Å². The summed E-state index contributed by atoms with van der Waals surface area (Å²) in [6, 6.07) is 3.68. The van der Waals surface area contributed by atoms with Crippen molar-refractivity contribution >= 4 is 27.5 Å². The summed E-state index contributed by atoms with van der Waals surface area (Å²) in [4.78, 5) is 10.5. The molecule has 1 N–H and O–H groups in total. The van der Waals surface area contributed by atoms with Crippen molar-refractivity contribution in [3.8, 4) is 0 Å². The van der Waals surface area contributed by atoms with Gasteiger partial charge < -0.3 is 0 Å². The Morgan fingerprint density at radius 3 is 2.43 bits per heavy atom. The van der Waals surface area contributed by atoms with E-state index in [-0.39, 0.29) is 16.4 Å². The lowest BCUT2D eigenvalue weighted by atomic mass is 10.1. The SMILES string of the molecule is CC(=O)c1ccc(Cl)c(S(=O)(=O)O)c1. The van der Waals surface area contributed by atoms with Crippen LogP contribution in [0.4, 0.5) is 0 Å². The van der Waals surface area contributed by atoms with E-state index >= 15 is 0 Å². The Morgan fingerprint density at radius 2 is 2.00 bits per heavy atom. The monoisotopic (exact) mass is 234 g/mol. The Hall–Kier alpha value is -0.910. The van der Waals surface area contributed by atoms with Crippen LogP contribution in [0.15, 0.2) is 23.1 Å². The van der Waals surface area contributed by atoms with Gasteiger partial charge in [0.05, 0.1) is 5.02 Å². The predicted octanol–water partition coefficient (Wildman–Crippen LogP) is 1.79. The third kappa shape index (κ3) is 2.31. The van der Waals surface area contributed by atoms with Gasteiger partial charge >= 0.3 is 0 Å². The topological polar surface area (TPSA) is 71.4 Å². The Kier molecular flexibility index (Phi) is 2.94. The molecule has 0 atom stereocenters. The highest BCUT2D eigenvalue weighted by Crippen LogP contribution is 2.22. The fourth-order valence-electron chi connectivity index (χ4n) is 0.920. The van der Waals surface area contributed by atoms with Gasteiger partial charge in [0.15, 0.2) is 5.78 Å². The van der Waals surface area contributed by atoms with E-state index in [1.54, 1.807) is 0 Å². The molecule has 0 aromatic heterocycles. The molecule has 0 aliphatic rings. The van der Waals surface area contributed by atoms with Crippen LogP contribution in [0.25, 0.3) is 0 Å². The maximum Gasteiger partial charge on any atom is 0.296 e. The zero-order chi connectivity index (χ0) is 10.9. The van der Waals surface area contributed by atoms with Crippen molar-refractivity contribution in [1.29, 1.82) is 0 Å². The molecule has 0 aliphatic carbocycles. The molecular weight excluding hydrogens is 228 g/mol. The number of halogens is 1. The van der Waals surface area contributed by atoms with Crippen LogP contribution in [0.2, 0.25) is 5.02 Å². The summed E-state index contributed by atoms with van der Waals surface area (Å²) in [6.07, 6.45) is 0. The third-order valence-electron chi connectivity index (χ3n) is 1.62. The minimum Gasteiger partial charge on any atom is -0.295 e. The molecule has 14 heavy (non-hydrogen) atoms. The number of ketones is 1. The number of rotatable bonds is 2. The van der Waals surface area contributed by atoms with Gasteiger partial charge in [-0.25, -0.2) is 0 Å². The van der Waals surface area contributed by atoms with E-state index in [1.807, 2.05) is 0 Å². The van der Waals surface area contributed by atoms with Gasteiger partial charge in [-0.15, -0.1) is 0 Å². The van der Waals surface area contributed by atoms with Crippen LogP contribution < -0.4 is 0 Å². The number of carbonyl (C=O) groups excluding carboxylic acids is 1. The molecule has 0 bridgehead atoms. The average molecular weight is 235 g/mol. The fraction of sp³-hybridized carbons (Fsp3) is 0.125. The summed E-state index contributed by atoms with van der Waals surface area (Å²) in [5.41, 5.74) is 0.182. The second kappa shape index (κ2) is 3.68. The van der Waals surface area contributed by atoms with Crippen molar-refractivity contribution in [3.05, 3.63) is 28.8 Å². The van der Waals surface area contributed by atoms with Gasteiger partial charge in [0.2, 0.25) is 0 Å². The summed E-state index contributed by atoms with van der Waals surface area (Å²) >= 11 is 5.54. The predicted molar refractivity (Wildman–Crippen MR) is 51.3 cm³/mol. The molecule has 0 saturated carbocycles. The van der Waals surface area contributed by atoms with E-state index in [2.05, 4.69) is 0 Å². The first-order chi connectivity index (χ1) is 6.32. The lowest BCUT2D eigenvalue weighted by Crippen LogP contribution is -2.02. The Bertz CT molecular complexity index is 478. The van der Waals surface area contributed by atoms with E-state index in [1.165, 1.54) is 19.1 Å². The molecule has 0 unspecified atom stereocenters. The molecule has 1 aromatic rings. The molecule has 0 heterocycles. The quantitative estimate of drug-likeness (QED) is 0.626. The number of hydrogen-bond acceptors (Lipinski definition) is 3. The molecular formula is C8H7ClO4S. The second-order valence-electron chi connectivity index (χ2n) is 2.68. The average Bonchev–Trinajstić information content (AvgIpc) is 2.02. The van der Waals surface area contributed by atoms with E-state index < -0.39 is 15.0 Å². The Balaban J connectivity index is 3.44. The van der Waals surface area contributed by atoms with Gasteiger partial charge in [0.1, 0.15) is 4.90 Å². The molecule has 4 nitrogen and oxygen atoms in total. The molecule has 0 aliphatic heterocycles. The summed E-state index contributed by atoms with van der Waals surface area (Å²) in [7, 11) is -4.37. The van der Waals surface area contributed by atoms with Crippen LogP contribution >= 0.6 is 11.6 Å². The highest BCUT2D eigenvalue weighted by atomic mass is 35.5. The first-order valence-electron chi connectivity index (χ1n) is 3.60. The van der Waals surface area contributed by atoms with Crippen molar-refractivity contribution in [2.75, 3.05) is 0 Å². The van der Waals surface area contributed by atoms with Crippen LogP contribution in [0.5, 0.6) is 0 Å². The van der Waals surface area contributed by atoms with E-state index in [0.29, 0.717) is 0 Å². The number of benzene rings is 1. The lowest BCUT2D eigenvalue weighted by Gasteiger charge is -2.02. The Labute approximate surface area is 86.3 Å². The zero-order valence-corrected chi connectivity index (χ0v) is 8.76. The van der Waals surface area contributed by atoms with Gasteiger partial charge in [-0.1, -0.05) is 11.6 Å². The lowest BCUT2D eigenvalue weighted by molar-refractivity contribution is 0.101. The highest BCUT2D eigenvalue weighted by Gasteiger charge is 2.15. The third-order valence-corrected chi connectivity index (χ3v) is 2.95.